The molecule has 0 bridgehead atoms. The zero-order chi connectivity index (χ0) is 15.7. The van der Waals surface area contributed by atoms with E-state index in [1.54, 1.807) is 0 Å². The van der Waals surface area contributed by atoms with E-state index in [4.69, 9.17) is 0 Å². The molecule has 0 aromatic carbocycles. The maximum absolute atomic E-state index is 3.56. The number of rotatable bonds is 10. The molecule has 0 aromatic heterocycles. The average molecular weight is 298 g/mol. The molecule has 3 heteroatoms. The SMILES string of the molecule is CCN(CC)CCCN(CC)CC1CC(C)CCC1NC. The monoisotopic (exact) mass is 297 g/mol. The smallest absolute Gasteiger partial charge is 0.0105 e. The third kappa shape index (κ3) is 6.66. The van der Waals surface area contributed by atoms with Crippen molar-refractivity contribution >= 4 is 0 Å². The van der Waals surface area contributed by atoms with Crippen LogP contribution in [0.3, 0.4) is 0 Å². The highest BCUT2D eigenvalue weighted by Crippen LogP contribution is 2.29. The van der Waals surface area contributed by atoms with Crippen LogP contribution in [0.4, 0.5) is 0 Å². The average Bonchev–Trinajstić information content (AvgIpc) is 2.50. The van der Waals surface area contributed by atoms with Crippen LogP contribution in [-0.2, 0) is 0 Å². The summed E-state index contributed by atoms with van der Waals surface area (Å²) in [6.07, 6.45) is 5.47. The number of hydrogen-bond acceptors (Lipinski definition) is 3. The van der Waals surface area contributed by atoms with E-state index in [1.807, 2.05) is 0 Å². The molecule has 0 heterocycles. The van der Waals surface area contributed by atoms with Gasteiger partial charge in [0, 0.05) is 12.6 Å². The highest BCUT2D eigenvalue weighted by molar-refractivity contribution is 4.84. The summed E-state index contributed by atoms with van der Waals surface area (Å²) in [4.78, 5) is 5.21. The summed E-state index contributed by atoms with van der Waals surface area (Å²) >= 11 is 0. The number of hydrogen-bond donors (Lipinski definition) is 1. The largest absolute Gasteiger partial charge is 0.317 e. The zero-order valence-corrected chi connectivity index (χ0v) is 15.2. The van der Waals surface area contributed by atoms with E-state index >= 15 is 0 Å². The molecule has 1 fully saturated rings. The van der Waals surface area contributed by atoms with Gasteiger partial charge in [-0.15, -0.1) is 0 Å². The Morgan fingerprint density at radius 2 is 1.57 bits per heavy atom. The summed E-state index contributed by atoms with van der Waals surface area (Å²) in [6.45, 7) is 16.6. The summed E-state index contributed by atoms with van der Waals surface area (Å²) in [5.41, 5.74) is 0. The van der Waals surface area contributed by atoms with Crippen LogP contribution in [-0.4, -0.2) is 62.2 Å². The molecule has 1 rings (SSSR count). The van der Waals surface area contributed by atoms with Gasteiger partial charge in [-0.3, -0.25) is 0 Å². The Balaban J connectivity index is 2.37. The fourth-order valence-corrected chi connectivity index (χ4v) is 3.85. The number of nitrogens with zero attached hydrogens (tertiary/aromatic N) is 2. The lowest BCUT2D eigenvalue weighted by molar-refractivity contribution is 0.147. The van der Waals surface area contributed by atoms with Crippen LogP contribution in [0.2, 0.25) is 0 Å². The fourth-order valence-electron chi connectivity index (χ4n) is 3.85. The van der Waals surface area contributed by atoms with Crippen molar-refractivity contribution in [2.45, 2.75) is 59.4 Å². The van der Waals surface area contributed by atoms with Gasteiger partial charge in [-0.05, 0) is 77.3 Å². The second-order valence-corrected chi connectivity index (χ2v) is 6.85. The molecule has 1 saturated carbocycles. The first-order chi connectivity index (χ1) is 10.1. The lowest BCUT2D eigenvalue weighted by Crippen LogP contribution is -2.44. The van der Waals surface area contributed by atoms with Crippen molar-refractivity contribution < 1.29 is 0 Å². The van der Waals surface area contributed by atoms with Crippen molar-refractivity contribution in [3.05, 3.63) is 0 Å². The van der Waals surface area contributed by atoms with Crippen molar-refractivity contribution in [3.63, 3.8) is 0 Å². The Morgan fingerprint density at radius 3 is 2.14 bits per heavy atom. The Bertz CT molecular complexity index is 253. The maximum atomic E-state index is 3.56. The minimum absolute atomic E-state index is 0.734. The molecule has 0 saturated heterocycles. The van der Waals surface area contributed by atoms with Crippen LogP contribution >= 0.6 is 0 Å². The number of nitrogens with one attached hydrogen (secondary N) is 1. The van der Waals surface area contributed by atoms with Crippen LogP contribution < -0.4 is 5.32 Å². The van der Waals surface area contributed by atoms with E-state index in [0.29, 0.717) is 0 Å². The highest BCUT2D eigenvalue weighted by Gasteiger charge is 2.28. The van der Waals surface area contributed by atoms with Gasteiger partial charge < -0.3 is 15.1 Å². The molecule has 0 aromatic rings. The van der Waals surface area contributed by atoms with Crippen LogP contribution in [0.15, 0.2) is 0 Å². The predicted molar refractivity (Wildman–Crippen MR) is 93.9 cm³/mol. The van der Waals surface area contributed by atoms with E-state index in [2.05, 4.69) is 49.9 Å². The van der Waals surface area contributed by atoms with Crippen LogP contribution in [0.5, 0.6) is 0 Å². The molecule has 1 N–H and O–H groups in total. The zero-order valence-electron chi connectivity index (χ0n) is 15.2. The van der Waals surface area contributed by atoms with Gasteiger partial charge >= 0.3 is 0 Å². The minimum Gasteiger partial charge on any atom is -0.317 e. The van der Waals surface area contributed by atoms with Crippen LogP contribution in [0.1, 0.15) is 53.4 Å². The van der Waals surface area contributed by atoms with Crippen molar-refractivity contribution in [2.24, 2.45) is 11.8 Å². The molecule has 1 aliphatic rings. The highest BCUT2D eigenvalue weighted by atomic mass is 15.1. The molecular formula is C18H39N3. The summed E-state index contributed by atoms with van der Waals surface area (Å²) in [5.74, 6) is 1.75. The van der Waals surface area contributed by atoms with Gasteiger partial charge in [-0.2, -0.15) is 0 Å². The van der Waals surface area contributed by atoms with Gasteiger partial charge in [0.25, 0.3) is 0 Å². The molecular weight excluding hydrogens is 258 g/mol. The quantitative estimate of drug-likeness (QED) is 0.668. The predicted octanol–water partition coefficient (Wildman–Crippen LogP) is 3.06. The fraction of sp³-hybridized carbons (Fsp3) is 1.00. The van der Waals surface area contributed by atoms with Gasteiger partial charge in [-0.1, -0.05) is 27.7 Å². The standard InChI is InChI=1S/C18H39N3/c1-6-20(7-2)12-9-13-21(8-3)15-17-14-16(4)10-11-18(17)19-5/h16-19H,6-15H2,1-5H3. The van der Waals surface area contributed by atoms with Crippen LogP contribution in [0, 0.1) is 11.8 Å². The Labute approximate surface area is 133 Å². The third-order valence-electron chi connectivity index (χ3n) is 5.40. The summed E-state index contributed by atoms with van der Waals surface area (Å²) in [7, 11) is 2.14. The molecule has 0 aliphatic heterocycles. The molecule has 3 atom stereocenters. The lowest BCUT2D eigenvalue weighted by atomic mass is 9.78. The van der Waals surface area contributed by atoms with Crippen LogP contribution in [0.25, 0.3) is 0 Å². The summed E-state index contributed by atoms with van der Waals surface area (Å²) in [6, 6.07) is 0.734. The van der Waals surface area contributed by atoms with Gasteiger partial charge in [0.05, 0.1) is 0 Å². The van der Waals surface area contributed by atoms with Gasteiger partial charge in [0.2, 0.25) is 0 Å². The topological polar surface area (TPSA) is 18.5 Å². The first kappa shape index (κ1) is 18.9. The lowest BCUT2D eigenvalue weighted by Gasteiger charge is -2.38. The first-order valence-corrected chi connectivity index (χ1v) is 9.26. The molecule has 1 aliphatic carbocycles. The summed E-state index contributed by atoms with van der Waals surface area (Å²) in [5, 5.41) is 3.56. The van der Waals surface area contributed by atoms with Crippen molar-refractivity contribution in [2.75, 3.05) is 46.3 Å². The maximum Gasteiger partial charge on any atom is 0.0105 e. The molecule has 0 spiro atoms. The molecule has 3 unspecified atom stereocenters. The molecule has 126 valence electrons. The molecule has 21 heavy (non-hydrogen) atoms. The van der Waals surface area contributed by atoms with Crippen molar-refractivity contribution in [1.82, 2.24) is 15.1 Å². The second-order valence-electron chi connectivity index (χ2n) is 6.85. The van der Waals surface area contributed by atoms with Crippen molar-refractivity contribution in [3.8, 4) is 0 Å². The molecule has 3 nitrogen and oxygen atoms in total. The van der Waals surface area contributed by atoms with Gasteiger partial charge in [-0.25, -0.2) is 0 Å². The van der Waals surface area contributed by atoms with Crippen molar-refractivity contribution in [1.29, 1.82) is 0 Å². The van der Waals surface area contributed by atoms with E-state index < -0.39 is 0 Å². The van der Waals surface area contributed by atoms with Gasteiger partial charge in [0.15, 0.2) is 0 Å². The minimum atomic E-state index is 0.734. The molecule has 0 amide bonds. The Morgan fingerprint density at radius 1 is 0.952 bits per heavy atom. The second kappa shape index (κ2) is 10.6. The third-order valence-corrected chi connectivity index (χ3v) is 5.40. The Kier molecular flexibility index (Phi) is 9.54. The first-order valence-electron chi connectivity index (χ1n) is 9.26. The summed E-state index contributed by atoms with van der Waals surface area (Å²) < 4.78 is 0. The van der Waals surface area contributed by atoms with E-state index in [1.165, 1.54) is 65.0 Å². The Hall–Kier alpha value is -0.120. The normalized spacial score (nSPS) is 26.7. The van der Waals surface area contributed by atoms with E-state index in [0.717, 1.165) is 17.9 Å². The molecule has 0 radical (unpaired) electrons. The van der Waals surface area contributed by atoms with Gasteiger partial charge in [0.1, 0.15) is 0 Å². The van der Waals surface area contributed by atoms with E-state index in [9.17, 15) is 0 Å². The van der Waals surface area contributed by atoms with E-state index in [-0.39, 0.29) is 0 Å².